The summed E-state index contributed by atoms with van der Waals surface area (Å²) in [4.78, 5) is 24.2. The molecular weight excluding hydrogens is 453 g/mol. The predicted molar refractivity (Wildman–Crippen MR) is 128 cm³/mol. The maximum atomic E-state index is 14.0. The Hall–Kier alpha value is -3.32. The van der Waals surface area contributed by atoms with Crippen LogP contribution in [0.3, 0.4) is 0 Å². The van der Waals surface area contributed by atoms with E-state index in [4.69, 9.17) is 11.6 Å². The lowest BCUT2D eigenvalue weighted by molar-refractivity contribution is 0.0748. The fourth-order valence-corrected chi connectivity index (χ4v) is 4.69. The van der Waals surface area contributed by atoms with Crippen LogP contribution in [0.2, 0.25) is 5.02 Å². The number of hydrogen-bond acceptors (Lipinski definition) is 4. The summed E-state index contributed by atoms with van der Waals surface area (Å²) in [5.74, 6) is -0.441. The van der Waals surface area contributed by atoms with Crippen molar-refractivity contribution < 1.29 is 9.18 Å². The summed E-state index contributed by atoms with van der Waals surface area (Å²) in [6.07, 6.45) is 5.04. The van der Waals surface area contributed by atoms with Gasteiger partial charge < -0.3 is 4.90 Å². The molecule has 4 heterocycles. The van der Waals surface area contributed by atoms with Crippen LogP contribution in [0.25, 0.3) is 5.65 Å². The smallest absolute Gasteiger partial charge is 0.254 e. The van der Waals surface area contributed by atoms with Gasteiger partial charge in [-0.2, -0.15) is 5.10 Å². The molecule has 3 aromatic heterocycles. The van der Waals surface area contributed by atoms with Crippen molar-refractivity contribution in [3.63, 3.8) is 0 Å². The van der Waals surface area contributed by atoms with Gasteiger partial charge in [0.2, 0.25) is 0 Å². The first-order valence-corrected chi connectivity index (χ1v) is 11.8. The van der Waals surface area contributed by atoms with Gasteiger partial charge in [0, 0.05) is 23.0 Å². The second kappa shape index (κ2) is 9.14. The number of hydrogen-bond donors (Lipinski definition) is 0. The van der Waals surface area contributed by atoms with Crippen molar-refractivity contribution in [2.75, 3.05) is 0 Å². The molecule has 1 aliphatic rings. The van der Waals surface area contributed by atoms with Crippen molar-refractivity contribution in [2.24, 2.45) is 0 Å². The quantitative estimate of drug-likeness (QED) is 0.355. The lowest BCUT2D eigenvalue weighted by Gasteiger charge is -2.18. The molecule has 6 nitrogen and oxygen atoms in total. The second-order valence-corrected chi connectivity index (χ2v) is 9.13. The molecule has 174 valence electrons. The molecule has 34 heavy (non-hydrogen) atoms. The number of benzene rings is 1. The molecule has 0 unspecified atom stereocenters. The molecule has 0 N–H and O–H groups in total. The number of nitrogens with zero attached hydrogens (tertiary/aromatic N) is 5. The van der Waals surface area contributed by atoms with Crippen LogP contribution in [-0.4, -0.2) is 30.4 Å². The normalized spacial score (nSPS) is 13.0. The van der Waals surface area contributed by atoms with E-state index in [2.05, 4.69) is 15.1 Å². The van der Waals surface area contributed by atoms with Crippen LogP contribution in [-0.2, 0) is 25.9 Å². The molecule has 0 saturated heterocycles. The summed E-state index contributed by atoms with van der Waals surface area (Å²) in [5.41, 5.74) is 6.40. The van der Waals surface area contributed by atoms with E-state index in [9.17, 15) is 9.18 Å². The number of pyridine rings is 1. The highest BCUT2D eigenvalue weighted by Crippen LogP contribution is 2.30. The van der Waals surface area contributed by atoms with E-state index in [1.165, 1.54) is 12.1 Å². The van der Waals surface area contributed by atoms with Crippen LogP contribution in [0.5, 0.6) is 0 Å². The molecule has 1 amide bonds. The highest BCUT2D eigenvalue weighted by atomic mass is 35.5. The first-order chi connectivity index (χ1) is 16.4. The number of aromatic nitrogens is 4. The first kappa shape index (κ1) is 22.5. The zero-order valence-electron chi connectivity index (χ0n) is 19.2. The summed E-state index contributed by atoms with van der Waals surface area (Å²) in [6.45, 7) is 4.59. The molecule has 0 aliphatic carbocycles. The monoisotopic (exact) mass is 477 g/mol. The van der Waals surface area contributed by atoms with Gasteiger partial charge in [0.1, 0.15) is 5.82 Å². The van der Waals surface area contributed by atoms with Crippen LogP contribution in [0, 0.1) is 19.7 Å². The average Bonchev–Trinajstić information content (AvgIpc) is 3.40. The van der Waals surface area contributed by atoms with E-state index in [1.807, 2.05) is 32.0 Å². The van der Waals surface area contributed by atoms with Crippen molar-refractivity contribution in [3.8, 4) is 0 Å². The fourth-order valence-electron chi connectivity index (χ4n) is 4.57. The average molecular weight is 478 g/mol. The van der Waals surface area contributed by atoms with E-state index in [0.717, 1.165) is 58.8 Å². The zero-order valence-corrected chi connectivity index (χ0v) is 19.9. The minimum absolute atomic E-state index is 0.113. The Kier molecular flexibility index (Phi) is 6.04. The topological polar surface area (TPSA) is 63.4 Å². The Morgan fingerprint density at radius 1 is 1.12 bits per heavy atom. The van der Waals surface area contributed by atoms with Crippen molar-refractivity contribution in [2.45, 2.75) is 52.6 Å². The number of aryl methyl sites for hydroxylation is 4. The molecule has 1 aromatic carbocycles. The standard InChI is InChI=1S/C26H25ClFN5O/c1-16-24(27)17(2)33-25(30-16)22-14-32(15-23(22)31-33)26(34)21-11-10-19(28)13-18(21)7-3-4-8-20-9-5-6-12-29-20/h5-6,9-13H,3-4,7-8,14-15H2,1-2H3. The molecule has 8 heteroatoms. The molecule has 0 bridgehead atoms. The minimum atomic E-state index is -0.328. The summed E-state index contributed by atoms with van der Waals surface area (Å²) < 4.78 is 15.8. The van der Waals surface area contributed by atoms with Gasteiger partial charge in [-0.15, -0.1) is 0 Å². The van der Waals surface area contributed by atoms with Crippen molar-refractivity contribution >= 4 is 23.2 Å². The molecule has 0 spiro atoms. The van der Waals surface area contributed by atoms with Crippen molar-refractivity contribution in [1.29, 1.82) is 0 Å². The molecule has 0 atom stereocenters. The number of carbonyl (C=O) groups excluding carboxylic acids is 1. The number of unbranched alkanes of at least 4 members (excludes halogenated alkanes) is 1. The van der Waals surface area contributed by atoms with Gasteiger partial charge >= 0.3 is 0 Å². The molecule has 4 aromatic rings. The van der Waals surface area contributed by atoms with Gasteiger partial charge in [-0.3, -0.25) is 9.78 Å². The van der Waals surface area contributed by atoms with Crippen molar-refractivity contribution in [3.05, 3.63) is 92.9 Å². The number of amides is 1. The molecule has 1 aliphatic heterocycles. The predicted octanol–water partition coefficient (Wildman–Crippen LogP) is 5.26. The first-order valence-electron chi connectivity index (χ1n) is 11.4. The molecular formula is C26H25ClFN5O. The molecule has 0 radical (unpaired) electrons. The third-order valence-corrected chi connectivity index (χ3v) is 6.94. The lowest BCUT2D eigenvalue weighted by Crippen LogP contribution is -2.27. The molecule has 5 rings (SSSR count). The van der Waals surface area contributed by atoms with Gasteiger partial charge in [0.05, 0.1) is 35.2 Å². The largest absolute Gasteiger partial charge is 0.328 e. The third-order valence-electron chi connectivity index (χ3n) is 6.40. The summed E-state index contributed by atoms with van der Waals surface area (Å²) in [5, 5.41) is 5.25. The molecule has 0 saturated carbocycles. The van der Waals surface area contributed by atoms with Gasteiger partial charge in [0.15, 0.2) is 5.65 Å². The summed E-state index contributed by atoms with van der Waals surface area (Å²) in [7, 11) is 0. The third kappa shape index (κ3) is 4.16. The Labute approximate surface area is 202 Å². The van der Waals surface area contributed by atoms with Gasteiger partial charge in [-0.05, 0) is 75.4 Å². The minimum Gasteiger partial charge on any atom is -0.328 e. The fraction of sp³-hybridized carbons (Fsp3) is 0.308. The number of rotatable bonds is 6. The van der Waals surface area contributed by atoms with E-state index < -0.39 is 0 Å². The Bertz CT molecular complexity index is 1390. The molecule has 0 fully saturated rings. The van der Waals surface area contributed by atoms with Crippen LogP contribution in [0.4, 0.5) is 4.39 Å². The van der Waals surface area contributed by atoms with E-state index in [-0.39, 0.29) is 11.7 Å². The van der Waals surface area contributed by atoms with Crippen LogP contribution in [0.1, 0.15) is 57.1 Å². The van der Waals surface area contributed by atoms with Gasteiger partial charge in [0.25, 0.3) is 5.91 Å². The summed E-state index contributed by atoms with van der Waals surface area (Å²) >= 11 is 6.33. The van der Waals surface area contributed by atoms with Crippen LogP contribution >= 0.6 is 11.6 Å². The lowest BCUT2D eigenvalue weighted by atomic mass is 9.99. The maximum Gasteiger partial charge on any atom is 0.254 e. The van der Waals surface area contributed by atoms with Gasteiger partial charge in [-0.25, -0.2) is 13.9 Å². The maximum absolute atomic E-state index is 14.0. The van der Waals surface area contributed by atoms with Crippen LogP contribution in [0.15, 0.2) is 42.6 Å². The van der Waals surface area contributed by atoms with E-state index in [0.29, 0.717) is 30.1 Å². The Morgan fingerprint density at radius 2 is 1.94 bits per heavy atom. The highest BCUT2D eigenvalue weighted by molar-refractivity contribution is 6.31. The van der Waals surface area contributed by atoms with Gasteiger partial charge in [-0.1, -0.05) is 17.7 Å². The second-order valence-electron chi connectivity index (χ2n) is 8.75. The summed E-state index contributed by atoms with van der Waals surface area (Å²) in [6, 6.07) is 10.3. The van der Waals surface area contributed by atoms with E-state index in [1.54, 1.807) is 21.7 Å². The van der Waals surface area contributed by atoms with E-state index >= 15 is 0 Å². The number of fused-ring (bicyclic) bond motifs is 3. The Morgan fingerprint density at radius 3 is 2.74 bits per heavy atom. The van der Waals surface area contributed by atoms with Crippen molar-refractivity contribution in [1.82, 2.24) is 24.5 Å². The zero-order chi connectivity index (χ0) is 23.8. The number of carbonyl (C=O) groups is 1. The van der Waals surface area contributed by atoms with Crippen LogP contribution < -0.4 is 0 Å². The number of halogens is 2. The SMILES string of the molecule is Cc1nc2c3c(nn2c(C)c1Cl)CN(C(=O)c1ccc(F)cc1CCCCc1ccccn1)C3. The highest BCUT2D eigenvalue weighted by Gasteiger charge is 2.31. The Balaban J connectivity index is 1.32.